The van der Waals surface area contributed by atoms with E-state index in [0.717, 1.165) is 34.6 Å². The summed E-state index contributed by atoms with van der Waals surface area (Å²) in [5.41, 5.74) is 0.345. The van der Waals surface area contributed by atoms with Crippen LogP contribution in [0.15, 0.2) is 0 Å². The van der Waals surface area contributed by atoms with Crippen molar-refractivity contribution in [3.05, 3.63) is 16.0 Å². The first-order chi connectivity index (χ1) is 12.8. The number of esters is 1. The fraction of sp³-hybridized carbons (Fsp3) is 0.556. The molecular formula is C18H23N3O5S. The Bertz CT molecular complexity index is 818. The molecule has 0 aromatic carbocycles. The van der Waals surface area contributed by atoms with Crippen molar-refractivity contribution in [2.24, 2.45) is 0 Å². The molecule has 0 saturated carbocycles. The number of hydrogen-bond acceptors (Lipinski definition) is 6. The lowest BCUT2D eigenvalue weighted by Gasteiger charge is -2.19. The number of aryl methyl sites for hydroxylation is 1. The quantitative estimate of drug-likeness (QED) is 0.569. The van der Waals surface area contributed by atoms with Crippen LogP contribution in [0.25, 0.3) is 0 Å². The molecule has 2 N–H and O–H groups in total. The second-order valence-corrected chi connectivity index (χ2v) is 7.94. The normalized spacial score (nSPS) is 21.2. The molecule has 9 heteroatoms. The van der Waals surface area contributed by atoms with Gasteiger partial charge in [-0.3, -0.25) is 14.5 Å². The van der Waals surface area contributed by atoms with Gasteiger partial charge >= 0.3 is 12.0 Å². The molecule has 1 atom stereocenters. The first-order valence-electron chi connectivity index (χ1n) is 9.06. The van der Waals surface area contributed by atoms with Gasteiger partial charge in [-0.05, 0) is 45.1 Å². The number of imide groups is 1. The van der Waals surface area contributed by atoms with Crippen molar-refractivity contribution in [2.75, 3.05) is 18.5 Å². The summed E-state index contributed by atoms with van der Waals surface area (Å²) in [6.07, 6.45) is 3.04. The number of nitrogens with zero attached hydrogens (tertiary/aromatic N) is 1. The van der Waals surface area contributed by atoms with E-state index in [9.17, 15) is 19.2 Å². The molecule has 2 aliphatic rings. The summed E-state index contributed by atoms with van der Waals surface area (Å²) in [7, 11) is 0. The van der Waals surface area contributed by atoms with Crippen LogP contribution in [0.2, 0.25) is 0 Å². The highest BCUT2D eigenvalue weighted by Crippen LogP contribution is 2.39. The molecule has 3 rings (SSSR count). The third-order valence-electron chi connectivity index (χ3n) is 5.01. The number of anilines is 1. The minimum atomic E-state index is -0.989. The molecule has 8 nitrogen and oxygen atoms in total. The highest BCUT2D eigenvalue weighted by atomic mass is 32.1. The third-order valence-corrected chi connectivity index (χ3v) is 6.22. The Morgan fingerprint density at radius 1 is 1.30 bits per heavy atom. The zero-order chi connectivity index (χ0) is 19.8. The number of carbonyl (C=O) groups is 4. The number of ether oxygens (including phenoxy) is 1. The molecule has 27 heavy (non-hydrogen) atoms. The topological polar surface area (TPSA) is 105 Å². The predicted molar refractivity (Wildman–Crippen MR) is 99.9 cm³/mol. The smallest absolute Gasteiger partial charge is 0.341 e. The van der Waals surface area contributed by atoms with Gasteiger partial charge in [0.15, 0.2) is 0 Å². The van der Waals surface area contributed by atoms with Crippen molar-refractivity contribution in [2.45, 2.75) is 52.0 Å². The summed E-state index contributed by atoms with van der Waals surface area (Å²) < 4.78 is 5.13. The summed E-state index contributed by atoms with van der Waals surface area (Å²) >= 11 is 1.36. The molecule has 0 unspecified atom stereocenters. The van der Waals surface area contributed by atoms with Gasteiger partial charge in [-0.2, -0.15) is 0 Å². The van der Waals surface area contributed by atoms with Crippen molar-refractivity contribution >= 4 is 40.2 Å². The largest absolute Gasteiger partial charge is 0.462 e. The Kier molecular flexibility index (Phi) is 5.23. The Morgan fingerprint density at radius 2 is 2.04 bits per heavy atom. The number of rotatable bonds is 6. The minimum Gasteiger partial charge on any atom is -0.462 e. The average Bonchev–Trinajstić information content (AvgIpc) is 3.24. The van der Waals surface area contributed by atoms with Gasteiger partial charge in [0, 0.05) is 4.88 Å². The van der Waals surface area contributed by atoms with Crippen LogP contribution in [0.3, 0.4) is 0 Å². The fourth-order valence-electron chi connectivity index (χ4n) is 3.35. The summed E-state index contributed by atoms with van der Waals surface area (Å²) in [6, 6.07) is -0.584. The lowest BCUT2D eigenvalue weighted by atomic mass is 9.99. The standard InChI is InChI=1S/C18H23N3O5S/c1-4-18(3)16(24)21(17(25)20-18)9-12(22)19-14-13(15(23)26-5-2)10-7-6-8-11(10)27-14/h4-9H2,1-3H3,(H,19,22)(H,20,25)/t18-/m0/s1. The molecule has 1 aliphatic heterocycles. The molecule has 0 bridgehead atoms. The van der Waals surface area contributed by atoms with Crippen LogP contribution >= 0.6 is 11.3 Å². The van der Waals surface area contributed by atoms with E-state index >= 15 is 0 Å². The number of thiophene rings is 1. The van der Waals surface area contributed by atoms with E-state index < -0.39 is 35.9 Å². The maximum absolute atomic E-state index is 12.5. The van der Waals surface area contributed by atoms with Crippen LogP contribution in [0.4, 0.5) is 9.80 Å². The highest BCUT2D eigenvalue weighted by Gasteiger charge is 2.47. The summed E-state index contributed by atoms with van der Waals surface area (Å²) in [4.78, 5) is 51.3. The molecule has 0 spiro atoms. The van der Waals surface area contributed by atoms with Crippen molar-refractivity contribution in [3.8, 4) is 0 Å². The van der Waals surface area contributed by atoms with Crippen LogP contribution in [0, 0.1) is 0 Å². The van der Waals surface area contributed by atoms with Crippen LogP contribution < -0.4 is 10.6 Å². The summed E-state index contributed by atoms with van der Waals surface area (Å²) in [5, 5.41) is 5.73. The Morgan fingerprint density at radius 3 is 2.67 bits per heavy atom. The first kappa shape index (κ1) is 19.3. The van der Waals surface area contributed by atoms with Crippen LogP contribution in [-0.4, -0.2) is 47.4 Å². The second kappa shape index (κ2) is 7.30. The highest BCUT2D eigenvalue weighted by molar-refractivity contribution is 7.17. The molecule has 1 fully saturated rings. The second-order valence-electron chi connectivity index (χ2n) is 6.84. The van der Waals surface area contributed by atoms with E-state index in [0.29, 0.717) is 17.0 Å². The minimum absolute atomic E-state index is 0.245. The molecule has 1 saturated heterocycles. The molecule has 1 aromatic rings. The number of hydrogen-bond donors (Lipinski definition) is 2. The van der Waals surface area contributed by atoms with Crippen LogP contribution in [0.5, 0.6) is 0 Å². The van der Waals surface area contributed by atoms with E-state index in [2.05, 4.69) is 10.6 Å². The van der Waals surface area contributed by atoms with Gasteiger partial charge in [-0.1, -0.05) is 6.92 Å². The number of urea groups is 1. The van der Waals surface area contributed by atoms with Gasteiger partial charge in [0.1, 0.15) is 17.1 Å². The zero-order valence-electron chi connectivity index (χ0n) is 15.6. The van der Waals surface area contributed by atoms with Gasteiger partial charge in [0.05, 0.1) is 12.2 Å². The Labute approximate surface area is 161 Å². The number of carbonyl (C=O) groups excluding carboxylic acids is 4. The van der Waals surface area contributed by atoms with Gasteiger partial charge in [0.2, 0.25) is 5.91 Å². The molecule has 146 valence electrons. The number of fused-ring (bicyclic) bond motifs is 1. The predicted octanol–water partition coefficient (Wildman–Crippen LogP) is 2.07. The van der Waals surface area contributed by atoms with Gasteiger partial charge < -0.3 is 15.4 Å². The average molecular weight is 393 g/mol. The lowest BCUT2D eigenvalue weighted by molar-refractivity contribution is -0.133. The van der Waals surface area contributed by atoms with Gasteiger partial charge in [-0.25, -0.2) is 9.59 Å². The van der Waals surface area contributed by atoms with Crippen LogP contribution in [0.1, 0.15) is 54.4 Å². The maximum atomic E-state index is 12.5. The molecule has 0 radical (unpaired) electrons. The van der Waals surface area contributed by atoms with E-state index in [-0.39, 0.29) is 6.61 Å². The number of amides is 4. The van der Waals surface area contributed by atoms with E-state index in [1.807, 2.05) is 0 Å². The molecule has 1 aliphatic carbocycles. The Hall–Kier alpha value is -2.42. The van der Waals surface area contributed by atoms with Crippen molar-refractivity contribution in [1.29, 1.82) is 0 Å². The van der Waals surface area contributed by atoms with Crippen molar-refractivity contribution in [1.82, 2.24) is 10.2 Å². The summed E-state index contributed by atoms with van der Waals surface area (Å²) in [5.74, 6) is -1.41. The van der Waals surface area contributed by atoms with E-state index in [1.165, 1.54) is 11.3 Å². The number of nitrogens with one attached hydrogen (secondary N) is 2. The first-order valence-corrected chi connectivity index (χ1v) is 9.88. The van der Waals surface area contributed by atoms with Gasteiger partial charge in [0.25, 0.3) is 5.91 Å². The molecular weight excluding hydrogens is 370 g/mol. The molecule has 2 heterocycles. The van der Waals surface area contributed by atoms with Gasteiger partial charge in [-0.15, -0.1) is 11.3 Å². The molecule has 1 aromatic heterocycles. The maximum Gasteiger partial charge on any atom is 0.341 e. The van der Waals surface area contributed by atoms with E-state index in [4.69, 9.17) is 4.74 Å². The molecule has 4 amide bonds. The monoisotopic (exact) mass is 393 g/mol. The SMILES string of the molecule is CCOC(=O)c1c(NC(=O)CN2C(=O)N[C@@](C)(CC)C2=O)sc2c1CCC2. The third kappa shape index (κ3) is 3.43. The van der Waals surface area contributed by atoms with Crippen LogP contribution in [-0.2, 0) is 27.2 Å². The Balaban J connectivity index is 1.76. The zero-order valence-corrected chi connectivity index (χ0v) is 16.5. The lowest BCUT2D eigenvalue weighted by Crippen LogP contribution is -2.44. The van der Waals surface area contributed by atoms with E-state index in [1.54, 1.807) is 20.8 Å². The fourth-order valence-corrected chi connectivity index (χ4v) is 4.65. The van der Waals surface area contributed by atoms with Crippen molar-refractivity contribution < 1.29 is 23.9 Å². The van der Waals surface area contributed by atoms with Crippen molar-refractivity contribution in [3.63, 3.8) is 0 Å². The summed E-state index contributed by atoms with van der Waals surface area (Å²) in [6.45, 7) is 5.00.